The second-order valence-corrected chi connectivity index (χ2v) is 3.59. The predicted octanol–water partition coefficient (Wildman–Crippen LogP) is 3.70. The molecule has 1 aromatic heterocycles. The number of hydrogen-bond donors (Lipinski definition) is 0. The molecule has 0 radical (unpaired) electrons. The first-order chi connectivity index (χ1) is 7.74. The van der Waals surface area contributed by atoms with Crippen LogP contribution in [0.15, 0.2) is 42.5 Å². The lowest BCUT2D eigenvalue weighted by atomic mass is 10.2. The van der Waals surface area contributed by atoms with Gasteiger partial charge >= 0.3 is 0 Å². The van der Waals surface area contributed by atoms with Gasteiger partial charge in [-0.3, -0.25) is 4.98 Å². The van der Waals surface area contributed by atoms with Crippen LogP contribution in [0.1, 0.15) is 17.0 Å². The van der Waals surface area contributed by atoms with Crippen LogP contribution in [0.2, 0.25) is 0 Å². The Balaban J connectivity index is 2.18. The molecule has 2 heteroatoms. The second kappa shape index (κ2) is 4.71. The van der Waals surface area contributed by atoms with Crippen molar-refractivity contribution in [2.75, 3.05) is 0 Å². The molecular formula is C14H12FN. The van der Waals surface area contributed by atoms with E-state index in [1.807, 2.05) is 37.3 Å². The SMILES string of the molecule is Cc1cccc(/C=C/c2ccc(F)cc2)n1. The van der Waals surface area contributed by atoms with E-state index >= 15 is 0 Å². The fourth-order valence-corrected chi connectivity index (χ4v) is 1.41. The Bertz CT molecular complexity index is 500. The molecular weight excluding hydrogens is 201 g/mol. The van der Waals surface area contributed by atoms with Gasteiger partial charge in [0.05, 0.1) is 5.69 Å². The van der Waals surface area contributed by atoms with Gasteiger partial charge in [-0.05, 0) is 42.8 Å². The third-order valence-electron chi connectivity index (χ3n) is 2.23. The monoisotopic (exact) mass is 213 g/mol. The van der Waals surface area contributed by atoms with Gasteiger partial charge < -0.3 is 0 Å². The summed E-state index contributed by atoms with van der Waals surface area (Å²) >= 11 is 0. The van der Waals surface area contributed by atoms with E-state index in [9.17, 15) is 4.39 Å². The highest BCUT2D eigenvalue weighted by Gasteiger charge is 1.91. The molecule has 2 aromatic rings. The molecule has 1 nitrogen and oxygen atoms in total. The van der Waals surface area contributed by atoms with E-state index in [1.54, 1.807) is 12.1 Å². The maximum absolute atomic E-state index is 12.7. The summed E-state index contributed by atoms with van der Waals surface area (Å²) in [6.07, 6.45) is 3.83. The second-order valence-electron chi connectivity index (χ2n) is 3.59. The van der Waals surface area contributed by atoms with Crippen molar-refractivity contribution in [1.29, 1.82) is 0 Å². The Labute approximate surface area is 94.3 Å². The van der Waals surface area contributed by atoms with E-state index in [2.05, 4.69) is 4.98 Å². The number of nitrogens with zero attached hydrogens (tertiary/aromatic N) is 1. The van der Waals surface area contributed by atoms with Crippen LogP contribution in [-0.4, -0.2) is 4.98 Å². The van der Waals surface area contributed by atoms with E-state index < -0.39 is 0 Å². The molecule has 0 spiro atoms. The van der Waals surface area contributed by atoms with Gasteiger partial charge in [0.25, 0.3) is 0 Å². The molecule has 0 aliphatic heterocycles. The van der Waals surface area contributed by atoms with Crippen LogP contribution in [0.4, 0.5) is 4.39 Å². The highest BCUT2D eigenvalue weighted by Crippen LogP contribution is 2.08. The summed E-state index contributed by atoms with van der Waals surface area (Å²) in [5.74, 6) is -0.217. The molecule has 0 N–H and O–H groups in total. The Morgan fingerprint density at radius 1 is 1.00 bits per heavy atom. The molecule has 0 saturated heterocycles. The molecule has 0 aliphatic carbocycles. The summed E-state index contributed by atoms with van der Waals surface area (Å²) in [6, 6.07) is 12.2. The highest BCUT2D eigenvalue weighted by atomic mass is 19.1. The number of halogens is 1. The number of benzene rings is 1. The van der Waals surface area contributed by atoms with E-state index in [1.165, 1.54) is 12.1 Å². The molecule has 0 bridgehead atoms. The zero-order chi connectivity index (χ0) is 11.4. The minimum absolute atomic E-state index is 0.217. The lowest BCUT2D eigenvalue weighted by molar-refractivity contribution is 0.628. The fourth-order valence-electron chi connectivity index (χ4n) is 1.41. The van der Waals surface area contributed by atoms with Crippen LogP contribution in [0.5, 0.6) is 0 Å². The van der Waals surface area contributed by atoms with Crippen LogP contribution in [-0.2, 0) is 0 Å². The summed E-state index contributed by atoms with van der Waals surface area (Å²) in [6.45, 7) is 1.95. The van der Waals surface area contributed by atoms with E-state index in [0.717, 1.165) is 17.0 Å². The third kappa shape index (κ3) is 2.76. The minimum Gasteiger partial charge on any atom is -0.254 e. The molecule has 2 rings (SSSR count). The summed E-state index contributed by atoms with van der Waals surface area (Å²) < 4.78 is 12.7. The normalized spacial score (nSPS) is 10.9. The standard InChI is InChI=1S/C14H12FN/c1-11-3-2-4-14(16-11)10-7-12-5-8-13(15)9-6-12/h2-10H,1H3/b10-7+. The summed E-state index contributed by atoms with van der Waals surface area (Å²) in [5.41, 5.74) is 2.86. The van der Waals surface area contributed by atoms with Crippen LogP contribution < -0.4 is 0 Å². The zero-order valence-corrected chi connectivity index (χ0v) is 9.02. The number of aryl methyl sites for hydroxylation is 1. The van der Waals surface area contributed by atoms with Gasteiger partial charge in [-0.25, -0.2) is 4.39 Å². The van der Waals surface area contributed by atoms with Crippen LogP contribution >= 0.6 is 0 Å². The van der Waals surface area contributed by atoms with Crippen molar-refractivity contribution in [3.63, 3.8) is 0 Å². The Hall–Kier alpha value is -1.96. The Kier molecular flexibility index (Phi) is 3.10. The fraction of sp³-hybridized carbons (Fsp3) is 0.0714. The van der Waals surface area contributed by atoms with Gasteiger partial charge in [-0.1, -0.05) is 24.3 Å². The summed E-state index contributed by atoms with van der Waals surface area (Å²) in [5, 5.41) is 0. The molecule has 0 atom stereocenters. The largest absolute Gasteiger partial charge is 0.254 e. The quantitative estimate of drug-likeness (QED) is 0.741. The lowest BCUT2D eigenvalue weighted by Gasteiger charge is -1.95. The first-order valence-corrected chi connectivity index (χ1v) is 5.11. The van der Waals surface area contributed by atoms with Crippen molar-refractivity contribution in [2.24, 2.45) is 0 Å². The van der Waals surface area contributed by atoms with Crippen molar-refractivity contribution in [3.05, 3.63) is 65.2 Å². The maximum Gasteiger partial charge on any atom is 0.123 e. The predicted molar refractivity (Wildman–Crippen MR) is 64.3 cm³/mol. The van der Waals surface area contributed by atoms with Gasteiger partial charge in [0.15, 0.2) is 0 Å². The number of pyridine rings is 1. The molecule has 0 aliphatic rings. The Morgan fingerprint density at radius 2 is 1.75 bits per heavy atom. The molecule has 0 unspecified atom stereocenters. The van der Waals surface area contributed by atoms with Crippen molar-refractivity contribution >= 4 is 12.2 Å². The van der Waals surface area contributed by atoms with Gasteiger partial charge in [-0.2, -0.15) is 0 Å². The Morgan fingerprint density at radius 3 is 2.44 bits per heavy atom. The van der Waals surface area contributed by atoms with E-state index in [4.69, 9.17) is 0 Å². The smallest absolute Gasteiger partial charge is 0.123 e. The van der Waals surface area contributed by atoms with Gasteiger partial charge in [0.1, 0.15) is 5.82 Å². The molecule has 0 amide bonds. The molecule has 0 fully saturated rings. The molecule has 16 heavy (non-hydrogen) atoms. The van der Waals surface area contributed by atoms with Crippen molar-refractivity contribution < 1.29 is 4.39 Å². The maximum atomic E-state index is 12.7. The van der Waals surface area contributed by atoms with Crippen LogP contribution in [0, 0.1) is 12.7 Å². The van der Waals surface area contributed by atoms with E-state index in [0.29, 0.717) is 0 Å². The van der Waals surface area contributed by atoms with Crippen LogP contribution in [0.25, 0.3) is 12.2 Å². The zero-order valence-electron chi connectivity index (χ0n) is 9.02. The molecule has 1 aromatic carbocycles. The minimum atomic E-state index is -0.217. The first kappa shape index (κ1) is 10.6. The third-order valence-corrected chi connectivity index (χ3v) is 2.23. The number of aromatic nitrogens is 1. The molecule has 0 saturated carbocycles. The number of hydrogen-bond acceptors (Lipinski definition) is 1. The highest BCUT2D eigenvalue weighted by molar-refractivity contribution is 5.67. The van der Waals surface area contributed by atoms with Gasteiger partial charge in [0.2, 0.25) is 0 Å². The van der Waals surface area contributed by atoms with Gasteiger partial charge in [-0.15, -0.1) is 0 Å². The summed E-state index contributed by atoms with van der Waals surface area (Å²) in [7, 11) is 0. The first-order valence-electron chi connectivity index (χ1n) is 5.11. The number of rotatable bonds is 2. The van der Waals surface area contributed by atoms with Gasteiger partial charge in [0, 0.05) is 5.69 Å². The molecule has 1 heterocycles. The lowest BCUT2D eigenvalue weighted by Crippen LogP contribution is -1.83. The van der Waals surface area contributed by atoms with Crippen molar-refractivity contribution in [2.45, 2.75) is 6.92 Å². The molecule has 80 valence electrons. The average Bonchev–Trinajstić information content (AvgIpc) is 2.28. The van der Waals surface area contributed by atoms with Crippen molar-refractivity contribution in [3.8, 4) is 0 Å². The topological polar surface area (TPSA) is 12.9 Å². The summed E-state index contributed by atoms with van der Waals surface area (Å²) in [4.78, 5) is 4.34. The van der Waals surface area contributed by atoms with Crippen molar-refractivity contribution in [1.82, 2.24) is 4.98 Å². The average molecular weight is 213 g/mol. The van der Waals surface area contributed by atoms with E-state index in [-0.39, 0.29) is 5.82 Å². The van der Waals surface area contributed by atoms with Crippen LogP contribution in [0.3, 0.4) is 0 Å².